The van der Waals surface area contributed by atoms with E-state index in [0.29, 0.717) is 13.1 Å². The van der Waals surface area contributed by atoms with Crippen molar-refractivity contribution >= 4 is 23.7 Å². The topological polar surface area (TPSA) is 61.9 Å². The van der Waals surface area contributed by atoms with Crippen LogP contribution in [0.5, 0.6) is 0 Å². The number of nitrogens with zero attached hydrogens (tertiary/aromatic N) is 4. The van der Waals surface area contributed by atoms with Gasteiger partial charge in [-0.3, -0.25) is 4.79 Å². The van der Waals surface area contributed by atoms with Crippen LogP contribution in [0, 0.1) is 11.3 Å². The molecule has 6 heteroatoms. The minimum atomic E-state index is -0.191. The quantitative estimate of drug-likeness (QED) is 0.167. The Balaban J connectivity index is 1.69. The summed E-state index contributed by atoms with van der Waals surface area (Å²) in [4.78, 5) is 16.1. The first-order valence-corrected chi connectivity index (χ1v) is 13.0. The van der Waals surface area contributed by atoms with E-state index in [0.717, 1.165) is 47.5 Å². The molecule has 0 unspecified atom stereocenters. The van der Waals surface area contributed by atoms with Gasteiger partial charge >= 0.3 is 0 Å². The molecule has 1 aromatic heterocycles. The number of aromatic nitrogens is 2. The van der Waals surface area contributed by atoms with Gasteiger partial charge < -0.3 is 4.90 Å². The highest BCUT2D eigenvalue weighted by atomic mass is 32.2. The maximum absolute atomic E-state index is 13.0. The summed E-state index contributed by atoms with van der Waals surface area (Å²) in [6, 6.07) is 20.4. The first-order valence-electron chi connectivity index (χ1n) is 12.0. The molecule has 0 saturated carbocycles. The molecule has 0 spiro atoms. The number of unbranched alkanes of at least 4 members (excludes halogenated alkanes) is 1. The van der Waals surface area contributed by atoms with E-state index in [-0.39, 0.29) is 11.5 Å². The Bertz CT molecular complexity index is 1170. The molecule has 0 atom stereocenters. The van der Waals surface area contributed by atoms with E-state index in [9.17, 15) is 10.1 Å². The molecule has 1 aliphatic heterocycles. The summed E-state index contributed by atoms with van der Waals surface area (Å²) in [7, 11) is 0. The molecule has 2 heterocycles. The zero-order valence-corrected chi connectivity index (χ0v) is 20.4. The molecular formula is C28H30N4OS. The Hall–Kier alpha value is -3.30. The SMILES string of the molecule is CCCCSc1ccc(-c2nn(-c3ccccc3)cc2/C=C(/C#N)C(=O)N2CCCCC2)cc1. The van der Waals surface area contributed by atoms with E-state index in [1.54, 1.807) is 11.0 Å². The predicted octanol–water partition coefficient (Wildman–Crippen LogP) is 6.35. The van der Waals surface area contributed by atoms with Crippen molar-refractivity contribution in [2.24, 2.45) is 0 Å². The molecule has 2 aromatic carbocycles. The third-order valence-corrected chi connectivity index (χ3v) is 7.05. The molecular weight excluding hydrogens is 440 g/mol. The number of benzene rings is 2. The second-order valence-electron chi connectivity index (χ2n) is 8.46. The summed E-state index contributed by atoms with van der Waals surface area (Å²) in [5, 5.41) is 14.7. The Labute approximate surface area is 206 Å². The number of hydrogen-bond acceptors (Lipinski definition) is 4. The van der Waals surface area contributed by atoms with Gasteiger partial charge in [-0.1, -0.05) is 43.7 Å². The monoisotopic (exact) mass is 470 g/mol. The number of amides is 1. The van der Waals surface area contributed by atoms with Crippen LogP contribution in [-0.2, 0) is 4.79 Å². The van der Waals surface area contributed by atoms with Crippen molar-refractivity contribution in [3.05, 3.63) is 71.9 Å². The Morgan fingerprint density at radius 1 is 1.09 bits per heavy atom. The molecule has 0 bridgehead atoms. The smallest absolute Gasteiger partial charge is 0.264 e. The van der Waals surface area contributed by atoms with Crippen LogP contribution in [0.3, 0.4) is 0 Å². The molecule has 174 valence electrons. The van der Waals surface area contributed by atoms with Crippen molar-refractivity contribution in [3.63, 3.8) is 0 Å². The first-order chi connectivity index (χ1) is 16.7. The number of para-hydroxylation sites is 1. The second-order valence-corrected chi connectivity index (χ2v) is 9.63. The lowest BCUT2D eigenvalue weighted by molar-refractivity contribution is -0.127. The van der Waals surface area contributed by atoms with E-state index in [4.69, 9.17) is 5.10 Å². The van der Waals surface area contributed by atoms with Gasteiger partial charge in [-0.25, -0.2) is 4.68 Å². The van der Waals surface area contributed by atoms with Crippen LogP contribution in [0.25, 0.3) is 23.0 Å². The third kappa shape index (κ3) is 5.78. The Morgan fingerprint density at radius 3 is 2.50 bits per heavy atom. The standard InChI is InChI=1S/C28H30N4OS/c1-2-3-18-34-26-14-12-22(13-15-26)27-24(21-32(30-27)25-10-6-4-7-11-25)19-23(20-29)28(33)31-16-8-5-9-17-31/h4,6-7,10-15,19,21H,2-3,5,8-9,16-18H2,1H3/b23-19-. The van der Waals surface area contributed by atoms with Gasteiger partial charge in [0.25, 0.3) is 5.91 Å². The first kappa shape index (κ1) is 23.8. The summed E-state index contributed by atoms with van der Waals surface area (Å²) in [5.41, 5.74) is 3.56. The normalized spacial score (nSPS) is 14.1. The van der Waals surface area contributed by atoms with E-state index in [2.05, 4.69) is 37.3 Å². The zero-order valence-electron chi connectivity index (χ0n) is 19.6. The van der Waals surface area contributed by atoms with Crippen LogP contribution in [0.2, 0.25) is 0 Å². The Kier molecular flexibility index (Phi) is 8.21. The molecule has 1 saturated heterocycles. The highest BCUT2D eigenvalue weighted by molar-refractivity contribution is 7.99. The summed E-state index contributed by atoms with van der Waals surface area (Å²) in [6.45, 7) is 3.63. The van der Waals surface area contributed by atoms with Gasteiger partial charge in [-0.2, -0.15) is 10.4 Å². The summed E-state index contributed by atoms with van der Waals surface area (Å²) >= 11 is 1.86. The maximum Gasteiger partial charge on any atom is 0.264 e. The van der Waals surface area contributed by atoms with Crippen LogP contribution in [0.1, 0.15) is 44.6 Å². The van der Waals surface area contributed by atoms with Crippen molar-refractivity contribution < 1.29 is 4.79 Å². The van der Waals surface area contributed by atoms with E-state index >= 15 is 0 Å². The molecule has 0 N–H and O–H groups in total. The average Bonchev–Trinajstić information content (AvgIpc) is 3.32. The van der Waals surface area contributed by atoms with Crippen molar-refractivity contribution in [2.45, 2.75) is 43.9 Å². The molecule has 3 aromatic rings. The maximum atomic E-state index is 13.0. The molecule has 34 heavy (non-hydrogen) atoms. The van der Waals surface area contributed by atoms with Gasteiger partial charge in [0, 0.05) is 35.3 Å². The summed E-state index contributed by atoms with van der Waals surface area (Å²) in [6.07, 6.45) is 9.10. The molecule has 5 nitrogen and oxygen atoms in total. The summed E-state index contributed by atoms with van der Waals surface area (Å²) < 4.78 is 1.81. The Morgan fingerprint density at radius 2 is 1.82 bits per heavy atom. The number of nitriles is 1. The highest BCUT2D eigenvalue weighted by Crippen LogP contribution is 2.29. The van der Waals surface area contributed by atoms with E-state index in [1.165, 1.54) is 17.7 Å². The third-order valence-electron chi connectivity index (χ3n) is 5.95. The molecule has 1 aliphatic rings. The van der Waals surface area contributed by atoms with Gasteiger partial charge in [-0.05, 0) is 61.8 Å². The van der Waals surface area contributed by atoms with Gasteiger partial charge in [0.15, 0.2) is 0 Å². The molecule has 0 aliphatic carbocycles. The lowest BCUT2D eigenvalue weighted by Gasteiger charge is -2.26. The van der Waals surface area contributed by atoms with Crippen molar-refractivity contribution in [2.75, 3.05) is 18.8 Å². The van der Waals surface area contributed by atoms with Crippen molar-refractivity contribution in [3.8, 4) is 23.0 Å². The van der Waals surface area contributed by atoms with E-state index in [1.807, 2.05) is 53.0 Å². The lowest BCUT2D eigenvalue weighted by atomic mass is 10.0. The highest BCUT2D eigenvalue weighted by Gasteiger charge is 2.21. The van der Waals surface area contributed by atoms with Crippen molar-refractivity contribution in [1.29, 1.82) is 5.26 Å². The fraction of sp³-hybridized carbons (Fsp3) is 0.321. The number of hydrogen-bond donors (Lipinski definition) is 0. The number of thioether (sulfide) groups is 1. The van der Waals surface area contributed by atoms with Crippen LogP contribution >= 0.6 is 11.8 Å². The molecule has 0 radical (unpaired) electrons. The molecule has 1 amide bonds. The zero-order chi connectivity index (χ0) is 23.8. The van der Waals surface area contributed by atoms with Gasteiger partial charge in [0.05, 0.1) is 11.4 Å². The minimum absolute atomic E-state index is 0.155. The van der Waals surface area contributed by atoms with E-state index < -0.39 is 0 Å². The second kappa shape index (κ2) is 11.7. The average molecular weight is 471 g/mol. The van der Waals surface area contributed by atoms with Gasteiger partial charge in [0.2, 0.25) is 0 Å². The van der Waals surface area contributed by atoms with Crippen LogP contribution < -0.4 is 0 Å². The lowest BCUT2D eigenvalue weighted by Crippen LogP contribution is -2.36. The van der Waals surface area contributed by atoms with Crippen LogP contribution in [0.15, 0.2) is 71.3 Å². The predicted molar refractivity (Wildman–Crippen MR) is 139 cm³/mol. The van der Waals surface area contributed by atoms with Crippen LogP contribution in [-0.4, -0.2) is 39.4 Å². The van der Waals surface area contributed by atoms with Crippen molar-refractivity contribution in [1.82, 2.24) is 14.7 Å². The van der Waals surface area contributed by atoms with Gasteiger partial charge in [-0.15, -0.1) is 11.8 Å². The van der Waals surface area contributed by atoms with Crippen LogP contribution in [0.4, 0.5) is 0 Å². The molecule has 1 fully saturated rings. The molecule has 4 rings (SSSR count). The number of rotatable bonds is 8. The minimum Gasteiger partial charge on any atom is -0.338 e. The number of carbonyl (C=O) groups is 1. The fourth-order valence-corrected chi connectivity index (χ4v) is 5.04. The fourth-order valence-electron chi connectivity index (χ4n) is 4.04. The number of carbonyl (C=O) groups excluding carboxylic acids is 1. The number of likely N-dealkylation sites (tertiary alicyclic amines) is 1. The summed E-state index contributed by atoms with van der Waals surface area (Å²) in [5.74, 6) is 0.916. The number of piperidine rings is 1. The largest absolute Gasteiger partial charge is 0.338 e. The van der Waals surface area contributed by atoms with Gasteiger partial charge in [0.1, 0.15) is 11.6 Å².